The number of hydrogen-bond acceptors (Lipinski definition) is 5. The van der Waals surface area contributed by atoms with Gasteiger partial charge in [0.1, 0.15) is 10.6 Å². The molecule has 1 saturated heterocycles. The Labute approximate surface area is 208 Å². The molecule has 2 heterocycles. The molecule has 1 N–H and O–H groups in total. The van der Waals surface area contributed by atoms with Crippen molar-refractivity contribution in [3.63, 3.8) is 0 Å². The zero-order valence-corrected chi connectivity index (χ0v) is 21.0. The van der Waals surface area contributed by atoms with E-state index in [1.54, 1.807) is 0 Å². The molecule has 2 aliphatic heterocycles. The van der Waals surface area contributed by atoms with Crippen LogP contribution in [0.25, 0.3) is 0 Å². The van der Waals surface area contributed by atoms with Crippen molar-refractivity contribution < 1.29 is 30.4 Å². The third-order valence-corrected chi connectivity index (χ3v) is 12.4. The maximum atomic E-state index is 15.5. The van der Waals surface area contributed by atoms with E-state index in [2.05, 4.69) is 11.3 Å². The van der Waals surface area contributed by atoms with Crippen LogP contribution in [0.2, 0.25) is 5.02 Å². The summed E-state index contributed by atoms with van der Waals surface area (Å²) in [5.74, 6) is -3.42. The molecule has 0 spiro atoms. The molecule has 0 aromatic heterocycles. The van der Waals surface area contributed by atoms with Crippen molar-refractivity contribution in [2.24, 2.45) is 11.8 Å². The van der Waals surface area contributed by atoms with Crippen LogP contribution in [0.3, 0.4) is 0 Å². The number of fused-ring (bicyclic) bond motifs is 5. The molecule has 6 nitrogen and oxygen atoms in total. The summed E-state index contributed by atoms with van der Waals surface area (Å²) in [4.78, 5) is -0.0686. The van der Waals surface area contributed by atoms with Crippen molar-refractivity contribution in [3.8, 4) is 5.75 Å². The van der Waals surface area contributed by atoms with Crippen molar-refractivity contribution in [2.45, 2.75) is 46.6 Å². The quantitative estimate of drug-likeness (QED) is 0.579. The molecule has 0 amide bonds. The molecule has 1 aliphatic carbocycles. The highest BCUT2D eigenvalue weighted by Gasteiger charge is 2.64. The summed E-state index contributed by atoms with van der Waals surface area (Å²) in [6.07, 6.45) is 1.89. The van der Waals surface area contributed by atoms with Crippen LogP contribution in [0.5, 0.6) is 5.75 Å². The first-order valence-electron chi connectivity index (χ1n) is 11.3. The zero-order chi connectivity index (χ0) is 25.2. The SMILES string of the molecule is C=CC[C@@H]1C[C@@H]2[C@@H](CC[C@@]3(S(=O)(=O)c4ccc(Cl)cc4)c4c(F)ccc(F)c4OC[C@@H]23)NS1(=O)=O. The lowest BCUT2D eigenvalue weighted by molar-refractivity contribution is 0.0494. The summed E-state index contributed by atoms with van der Waals surface area (Å²) >= 11 is 5.98. The van der Waals surface area contributed by atoms with Crippen molar-refractivity contribution in [3.05, 3.63) is 71.3 Å². The number of sulfone groups is 1. The Morgan fingerprint density at radius 2 is 1.86 bits per heavy atom. The van der Waals surface area contributed by atoms with Gasteiger partial charge in [0, 0.05) is 17.0 Å². The number of halogens is 3. The Bertz CT molecular complexity index is 1400. The van der Waals surface area contributed by atoms with Crippen LogP contribution in [0, 0.1) is 23.5 Å². The Morgan fingerprint density at radius 1 is 1.17 bits per heavy atom. The van der Waals surface area contributed by atoms with E-state index >= 15 is 4.39 Å². The Balaban J connectivity index is 1.74. The lowest BCUT2D eigenvalue weighted by atomic mass is 9.64. The third kappa shape index (κ3) is 3.63. The normalized spacial score (nSPS) is 31.4. The highest BCUT2D eigenvalue weighted by atomic mass is 35.5. The number of allylic oxidation sites excluding steroid dienone is 1. The minimum absolute atomic E-state index is 0.0686. The fourth-order valence-corrected chi connectivity index (χ4v) is 10.4. The fraction of sp³-hybridized carbons (Fsp3) is 0.417. The second-order valence-electron chi connectivity index (χ2n) is 9.35. The molecule has 35 heavy (non-hydrogen) atoms. The predicted octanol–water partition coefficient (Wildman–Crippen LogP) is 4.34. The number of benzene rings is 2. The second-order valence-corrected chi connectivity index (χ2v) is 14.0. The summed E-state index contributed by atoms with van der Waals surface area (Å²) in [6.45, 7) is 3.45. The fourth-order valence-electron chi connectivity index (χ4n) is 6.12. The highest BCUT2D eigenvalue weighted by molar-refractivity contribution is 7.92. The van der Waals surface area contributed by atoms with Gasteiger partial charge >= 0.3 is 0 Å². The van der Waals surface area contributed by atoms with E-state index in [1.807, 2.05) is 0 Å². The van der Waals surface area contributed by atoms with Gasteiger partial charge in [-0.1, -0.05) is 17.7 Å². The average Bonchev–Trinajstić information content (AvgIpc) is 2.81. The number of hydrogen-bond donors (Lipinski definition) is 1. The summed E-state index contributed by atoms with van der Waals surface area (Å²) in [7, 11) is -7.95. The van der Waals surface area contributed by atoms with E-state index in [0.29, 0.717) is 5.02 Å². The summed E-state index contributed by atoms with van der Waals surface area (Å²) in [5, 5.41) is -0.477. The van der Waals surface area contributed by atoms with Crippen LogP contribution in [-0.2, 0) is 24.6 Å². The van der Waals surface area contributed by atoms with E-state index in [9.17, 15) is 21.2 Å². The monoisotopic (exact) mass is 543 g/mol. The molecular formula is C24H24ClF2NO5S2. The first-order chi connectivity index (χ1) is 16.5. The molecule has 3 aliphatic rings. The van der Waals surface area contributed by atoms with Crippen LogP contribution in [0.1, 0.15) is 31.2 Å². The third-order valence-electron chi connectivity index (χ3n) is 7.67. The molecule has 5 atom stereocenters. The van der Waals surface area contributed by atoms with Crippen LogP contribution >= 0.6 is 11.6 Å². The molecule has 2 aromatic rings. The first kappa shape index (κ1) is 24.7. The van der Waals surface area contributed by atoms with Gasteiger partial charge in [-0.2, -0.15) is 0 Å². The van der Waals surface area contributed by atoms with Gasteiger partial charge in [-0.05, 0) is 68.0 Å². The highest BCUT2D eigenvalue weighted by Crippen LogP contribution is 2.59. The molecule has 11 heteroatoms. The number of sulfonamides is 1. The Kier molecular flexibility index (Phi) is 6.02. The molecule has 5 rings (SSSR count). The van der Waals surface area contributed by atoms with Gasteiger partial charge in [-0.15, -0.1) is 6.58 Å². The number of rotatable bonds is 4. The van der Waals surface area contributed by atoms with E-state index < -0.39 is 65.1 Å². The lowest BCUT2D eigenvalue weighted by Gasteiger charge is -2.54. The lowest BCUT2D eigenvalue weighted by Crippen LogP contribution is -2.63. The standard InChI is InChI=1S/C24H24ClF2NO5S2/c1-2-3-16-12-17-18-13-33-23-20(27)9-8-19(26)22(23)24(18,11-10-21(17)28-35(16,31)32)34(29,30)15-6-4-14(25)5-7-15/h2,4-9,16-18,21,28H,1,3,10-13H2/t16-,17+,18+,21-,24+/m1/s1. The molecule has 188 valence electrons. The van der Waals surface area contributed by atoms with Gasteiger partial charge in [0.05, 0.1) is 22.3 Å². The minimum Gasteiger partial charge on any atom is -0.490 e. The first-order valence-corrected chi connectivity index (χ1v) is 14.7. The van der Waals surface area contributed by atoms with Gasteiger partial charge in [-0.3, -0.25) is 0 Å². The largest absolute Gasteiger partial charge is 0.490 e. The summed E-state index contributed by atoms with van der Waals surface area (Å²) in [5.41, 5.74) is -0.323. The van der Waals surface area contributed by atoms with Crippen LogP contribution in [0.15, 0.2) is 53.9 Å². The van der Waals surface area contributed by atoms with Crippen molar-refractivity contribution >= 4 is 31.5 Å². The molecule has 0 bridgehead atoms. The zero-order valence-electron chi connectivity index (χ0n) is 18.6. The molecule has 1 saturated carbocycles. The number of nitrogens with one attached hydrogen (secondary N) is 1. The Hall–Kier alpha value is -2.01. The van der Waals surface area contributed by atoms with E-state index in [-0.39, 0.29) is 42.7 Å². The van der Waals surface area contributed by atoms with Crippen molar-refractivity contribution in [2.75, 3.05) is 6.61 Å². The molecule has 2 fully saturated rings. The van der Waals surface area contributed by atoms with Crippen molar-refractivity contribution in [1.82, 2.24) is 4.72 Å². The summed E-state index contributed by atoms with van der Waals surface area (Å²) < 4.78 is 91.1. The van der Waals surface area contributed by atoms with Gasteiger partial charge in [0.25, 0.3) is 0 Å². The maximum absolute atomic E-state index is 15.5. The topological polar surface area (TPSA) is 89.5 Å². The molecule has 2 aromatic carbocycles. The van der Waals surface area contributed by atoms with Crippen LogP contribution in [-0.4, -0.2) is 34.7 Å². The van der Waals surface area contributed by atoms with Gasteiger partial charge in [0.2, 0.25) is 10.0 Å². The van der Waals surface area contributed by atoms with Gasteiger partial charge in [0.15, 0.2) is 21.4 Å². The molecular weight excluding hydrogens is 520 g/mol. The maximum Gasteiger partial charge on any atom is 0.215 e. The molecule has 0 radical (unpaired) electrons. The smallest absolute Gasteiger partial charge is 0.215 e. The minimum atomic E-state index is -4.30. The van der Waals surface area contributed by atoms with Gasteiger partial charge < -0.3 is 4.74 Å². The summed E-state index contributed by atoms with van der Waals surface area (Å²) in [6, 6.07) is 6.86. The van der Waals surface area contributed by atoms with E-state index in [1.165, 1.54) is 30.3 Å². The average molecular weight is 544 g/mol. The van der Waals surface area contributed by atoms with Crippen LogP contribution in [0.4, 0.5) is 8.78 Å². The van der Waals surface area contributed by atoms with Crippen molar-refractivity contribution in [1.29, 1.82) is 0 Å². The van der Waals surface area contributed by atoms with E-state index in [4.69, 9.17) is 16.3 Å². The van der Waals surface area contributed by atoms with E-state index in [0.717, 1.165) is 12.1 Å². The molecule has 0 unspecified atom stereocenters. The number of ether oxygens (including phenoxy) is 1. The van der Waals surface area contributed by atoms with Gasteiger partial charge in [-0.25, -0.2) is 30.3 Å². The Morgan fingerprint density at radius 3 is 2.54 bits per heavy atom. The van der Waals surface area contributed by atoms with Crippen LogP contribution < -0.4 is 9.46 Å². The predicted molar refractivity (Wildman–Crippen MR) is 127 cm³/mol. The second kappa shape index (κ2) is 8.54.